The van der Waals surface area contributed by atoms with Crippen LogP contribution in [0.25, 0.3) is 0 Å². The number of esters is 1. The quantitative estimate of drug-likeness (QED) is 0.209. The van der Waals surface area contributed by atoms with Gasteiger partial charge in [0.15, 0.2) is 0 Å². The molecule has 0 aromatic carbocycles. The molecule has 0 heterocycles. The Labute approximate surface area is 241 Å². The van der Waals surface area contributed by atoms with Gasteiger partial charge < -0.3 is 9.16 Å². The highest BCUT2D eigenvalue weighted by molar-refractivity contribution is 6.53. The van der Waals surface area contributed by atoms with Crippen molar-refractivity contribution in [1.82, 2.24) is 0 Å². The van der Waals surface area contributed by atoms with Crippen molar-refractivity contribution in [2.45, 2.75) is 151 Å². The van der Waals surface area contributed by atoms with Crippen LogP contribution in [-0.2, 0) is 18.8 Å². The summed E-state index contributed by atoms with van der Waals surface area (Å²) in [5.41, 5.74) is 0.910. The van der Waals surface area contributed by atoms with Crippen molar-refractivity contribution in [3.63, 3.8) is 0 Å². The summed E-state index contributed by atoms with van der Waals surface area (Å²) in [4.78, 5) is 25.3. The number of hydrogen-bond acceptors (Lipinski definition) is 4. The van der Waals surface area contributed by atoms with E-state index in [-0.39, 0.29) is 23.5 Å². The van der Waals surface area contributed by atoms with Crippen LogP contribution in [0.2, 0.25) is 12.1 Å². The molecular weight excluding hydrogens is 500 g/mol. The second kappa shape index (κ2) is 11.8. The molecule has 7 unspecified atom stereocenters. The average Bonchev–Trinajstić information content (AvgIpc) is 3.24. The van der Waals surface area contributed by atoms with Crippen LogP contribution in [0, 0.1) is 51.8 Å². The van der Waals surface area contributed by atoms with Gasteiger partial charge in [-0.25, -0.2) is 0 Å². The fourth-order valence-corrected chi connectivity index (χ4v) is 10.3. The lowest BCUT2D eigenvalue weighted by Gasteiger charge is -2.61. The fourth-order valence-electron chi connectivity index (χ4n) is 9.65. The molecule has 0 aliphatic heterocycles. The van der Waals surface area contributed by atoms with E-state index >= 15 is 0 Å². The van der Waals surface area contributed by atoms with Crippen LogP contribution >= 0.6 is 0 Å². The second-order valence-corrected chi connectivity index (χ2v) is 18.3. The third-order valence-electron chi connectivity index (χ3n) is 13.0. The maximum atomic E-state index is 12.8. The van der Waals surface area contributed by atoms with Gasteiger partial charge in [-0.3, -0.25) is 9.59 Å². The normalized spacial score (nSPS) is 39.1. The van der Waals surface area contributed by atoms with E-state index in [0.717, 1.165) is 49.4 Å². The van der Waals surface area contributed by atoms with Gasteiger partial charge in [0.2, 0.25) is 0 Å². The minimum atomic E-state index is -1.02. The minimum absolute atomic E-state index is 0.00365. The Kier molecular flexibility index (Phi) is 9.41. The summed E-state index contributed by atoms with van der Waals surface area (Å²) in [5.74, 6) is 4.54. The molecule has 223 valence electrons. The van der Waals surface area contributed by atoms with Gasteiger partial charge in [0.25, 0.3) is 15.0 Å². The SMILES string of the molecule is CCC(C)(C)C(=O)OC1CC[C@@]2(C)C(CCC3C4CCC(C(C)CCC(=O)O[Si](C)C(C)C)[C@@]4(C)CCC32)C1. The molecule has 9 atom stereocenters. The second-order valence-electron chi connectivity index (χ2n) is 15.7. The molecule has 0 N–H and O–H groups in total. The van der Waals surface area contributed by atoms with Gasteiger partial charge in [0.05, 0.1) is 5.41 Å². The first-order chi connectivity index (χ1) is 18.2. The minimum Gasteiger partial charge on any atom is -0.518 e. The van der Waals surface area contributed by atoms with Crippen molar-refractivity contribution < 1.29 is 18.8 Å². The number of hydrogen-bond donors (Lipinski definition) is 0. The molecule has 0 aromatic heterocycles. The van der Waals surface area contributed by atoms with Gasteiger partial charge >= 0.3 is 5.97 Å². The van der Waals surface area contributed by atoms with Gasteiger partial charge in [0, 0.05) is 6.42 Å². The third-order valence-corrected chi connectivity index (χ3v) is 15.2. The van der Waals surface area contributed by atoms with E-state index in [2.05, 4.69) is 48.1 Å². The van der Waals surface area contributed by atoms with E-state index in [0.29, 0.717) is 34.6 Å². The summed E-state index contributed by atoms with van der Waals surface area (Å²) in [7, 11) is -1.02. The molecule has 4 saturated carbocycles. The summed E-state index contributed by atoms with van der Waals surface area (Å²) in [6.07, 6.45) is 13.9. The van der Waals surface area contributed by atoms with E-state index in [1.165, 1.54) is 44.9 Å². The lowest BCUT2D eigenvalue weighted by molar-refractivity contribution is -0.171. The topological polar surface area (TPSA) is 52.6 Å². The Bertz CT molecular complexity index is 884. The molecule has 0 saturated heterocycles. The molecule has 5 heteroatoms. The Morgan fingerprint density at radius 1 is 0.949 bits per heavy atom. The first-order valence-corrected chi connectivity index (χ1v) is 18.5. The summed E-state index contributed by atoms with van der Waals surface area (Å²) >= 11 is 0. The molecule has 4 nitrogen and oxygen atoms in total. The van der Waals surface area contributed by atoms with Gasteiger partial charge in [-0.15, -0.1) is 0 Å². The summed E-state index contributed by atoms with van der Waals surface area (Å²) in [5, 5.41) is 0. The van der Waals surface area contributed by atoms with Crippen molar-refractivity contribution in [3.8, 4) is 0 Å². The maximum absolute atomic E-state index is 12.8. The largest absolute Gasteiger partial charge is 0.518 e. The van der Waals surface area contributed by atoms with E-state index < -0.39 is 9.04 Å². The molecule has 4 fully saturated rings. The number of rotatable bonds is 9. The van der Waals surface area contributed by atoms with Crippen molar-refractivity contribution in [3.05, 3.63) is 0 Å². The Morgan fingerprint density at radius 3 is 2.28 bits per heavy atom. The van der Waals surface area contributed by atoms with Crippen molar-refractivity contribution in [2.24, 2.45) is 51.8 Å². The number of ether oxygens (including phenoxy) is 1. The van der Waals surface area contributed by atoms with E-state index in [1.54, 1.807) is 0 Å². The zero-order valence-electron chi connectivity index (χ0n) is 26.7. The highest BCUT2D eigenvalue weighted by atomic mass is 28.3. The lowest BCUT2D eigenvalue weighted by atomic mass is 9.44. The Balaban J connectivity index is 1.36. The summed E-state index contributed by atoms with van der Waals surface area (Å²) < 4.78 is 11.9. The molecule has 4 aliphatic rings. The average molecular weight is 560 g/mol. The standard InChI is InChI=1S/C34H59O4Si/c1-10-32(5,6)31(36)37-25-17-19-33(7)24(21-25)12-13-26-28-15-14-27(34(28,8)20-18-29(26)33)23(4)11-16-30(35)38-39(9)22(2)3/h22-29H,10-21H2,1-9H3/t23?,24?,25?,26?,27?,28?,29?,33-,34+/m0/s1. The highest BCUT2D eigenvalue weighted by Gasteiger charge is 2.60. The van der Waals surface area contributed by atoms with Gasteiger partial charge in [-0.05, 0) is 143 Å². The summed E-state index contributed by atoms with van der Waals surface area (Å²) in [6.45, 7) is 20.2. The molecule has 1 radical (unpaired) electrons. The van der Waals surface area contributed by atoms with E-state index in [4.69, 9.17) is 9.16 Å². The molecule has 0 amide bonds. The molecule has 0 spiro atoms. The Morgan fingerprint density at radius 2 is 1.62 bits per heavy atom. The fraction of sp³-hybridized carbons (Fsp3) is 0.941. The van der Waals surface area contributed by atoms with E-state index in [1.807, 2.05) is 13.8 Å². The van der Waals surface area contributed by atoms with Crippen molar-refractivity contribution in [1.29, 1.82) is 0 Å². The first kappa shape index (κ1) is 31.1. The maximum Gasteiger partial charge on any atom is 0.311 e. The van der Waals surface area contributed by atoms with Gasteiger partial charge in [0.1, 0.15) is 6.10 Å². The highest BCUT2D eigenvalue weighted by Crippen LogP contribution is 2.68. The Hall–Kier alpha value is -0.843. The van der Waals surface area contributed by atoms with Crippen LogP contribution < -0.4 is 0 Å². The van der Waals surface area contributed by atoms with Crippen LogP contribution in [0.4, 0.5) is 0 Å². The lowest BCUT2D eigenvalue weighted by Crippen LogP contribution is -2.54. The zero-order valence-corrected chi connectivity index (χ0v) is 27.7. The predicted molar refractivity (Wildman–Crippen MR) is 160 cm³/mol. The first-order valence-electron chi connectivity index (χ1n) is 16.5. The van der Waals surface area contributed by atoms with E-state index in [9.17, 15) is 9.59 Å². The summed E-state index contributed by atoms with van der Waals surface area (Å²) in [6, 6.07) is 0. The molecule has 4 aliphatic carbocycles. The molecule has 0 bridgehead atoms. The van der Waals surface area contributed by atoms with Gasteiger partial charge in [-0.1, -0.05) is 41.5 Å². The zero-order chi connectivity index (χ0) is 28.8. The predicted octanol–water partition coefficient (Wildman–Crippen LogP) is 8.98. The van der Waals surface area contributed by atoms with Crippen LogP contribution in [-0.4, -0.2) is 27.1 Å². The van der Waals surface area contributed by atoms with Crippen LogP contribution in [0.3, 0.4) is 0 Å². The van der Waals surface area contributed by atoms with Crippen LogP contribution in [0.15, 0.2) is 0 Å². The molecule has 0 aromatic rings. The smallest absolute Gasteiger partial charge is 0.311 e. The third kappa shape index (κ3) is 6.05. The number of carbonyl (C=O) groups is 2. The molecule has 4 rings (SSSR count). The van der Waals surface area contributed by atoms with Crippen LogP contribution in [0.1, 0.15) is 132 Å². The molecule has 39 heavy (non-hydrogen) atoms. The molecular formula is C34H59O4Si. The number of fused-ring (bicyclic) bond motifs is 5. The monoisotopic (exact) mass is 559 g/mol. The van der Waals surface area contributed by atoms with Gasteiger partial charge in [-0.2, -0.15) is 0 Å². The number of carbonyl (C=O) groups excluding carboxylic acids is 2. The van der Waals surface area contributed by atoms with Crippen LogP contribution in [0.5, 0.6) is 0 Å². The van der Waals surface area contributed by atoms with Crippen molar-refractivity contribution >= 4 is 21.0 Å². The van der Waals surface area contributed by atoms with Crippen molar-refractivity contribution in [2.75, 3.05) is 0 Å².